The molecule has 0 atom stereocenters. The summed E-state index contributed by atoms with van der Waals surface area (Å²) in [5.41, 5.74) is 0. The number of hydrogen-bond donors (Lipinski definition) is 0. The molecule has 0 aromatic heterocycles. The predicted octanol–water partition coefficient (Wildman–Crippen LogP) is -0.455. The van der Waals surface area contributed by atoms with Crippen molar-refractivity contribution in [2.75, 3.05) is 19.6 Å². The molecular formula is C8H22B3N3. The number of rotatable bonds is 5. The van der Waals surface area contributed by atoms with Crippen molar-refractivity contribution in [3.8, 4) is 0 Å². The maximum atomic E-state index is 2.56. The molecule has 0 radical (unpaired) electrons. The zero-order valence-corrected chi connectivity index (χ0v) is 10.00. The van der Waals surface area contributed by atoms with Gasteiger partial charge in [0.2, 0.25) is 0 Å². The Hall–Kier alpha value is 0.0748. The van der Waals surface area contributed by atoms with Crippen molar-refractivity contribution in [2.45, 2.75) is 33.6 Å². The van der Waals surface area contributed by atoms with Gasteiger partial charge in [-0.1, -0.05) is 27.2 Å². The summed E-state index contributed by atoms with van der Waals surface area (Å²) in [6.07, 6.45) is 2.63. The molecule has 1 fully saturated rings. The molecule has 1 saturated heterocycles. The van der Waals surface area contributed by atoms with E-state index in [9.17, 15) is 0 Å². The first-order valence-corrected chi connectivity index (χ1v) is 5.97. The van der Waals surface area contributed by atoms with Gasteiger partial charge in [0.1, 0.15) is 0 Å². The molecule has 78 valence electrons. The fraction of sp³-hybridized carbons (Fsp3) is 1.00. The third-order valence-electron chi connectivity index (χ3n) is 2.92. The van der Waals surface area contributed by atoms with Crippen molar-refractivity contribution in [3.05, 3.63) is 0 Å². The summed E-state index contributed by atoms with van der Waals surface area (Å²) in [7, 11) is 3.47. The van der Waals surface area contributed by atoms with E-state index >= 15 is 0 Å². The summed E-state index contributed by atoms with van der Waals surface area (Å²) in [5, 5.41) is 0. The molecule has 1 rings (SSSR count). The van der Waals surface area contributed by atoms with Gasteiger partial charge >= 0.3 is 0 Å². The lowest BCUT2D eigenvalue weighted by atomic mass is 9.74. The zero-order valence-electron chi connectivity index (χ0n) is 10.00. The van der Waals surface area contributed by atoms with E-state index in [1.165, 1.54) is 32.5 Å². The lowest BCUT2D eigenvalue weighted by Gasteiger charge is -2.39. The molecule has 6 heteroatoms. The Morgan fingerprint density at radius 3 is 1.71 bits per heavy atom. The molecule has 0 unspecified atom stereocenters. The Morgan fingerprint density at radius 2 is 1.29 bits per heavy atom. The van der Waals surface area contributed by atoms with Crippen LogP contribution in [0.25, 0.3) is 0 Å². The summed E-state index contributed by atoms with van der Waals surface area (Å²) in [6, 6.07) is 0. The Bertz CT molecular complexity index is 147. The second-order valence-corrected chi connectivity index (χ2v) is 4.15. The van der Waals surface area contributed by atoms with Crippen molar-refractivity contribution in [3.63, 3.8) is 0 Å². The topological polar surface area (TPSA) is 9.72 Å². The third-order valence-corrected chi connectivity index (χ3v) is 2.92. The van der Waals surface area contributed by atoms with E-state index < -0.39 is 0 Å². The van der Waals surface area contributed by atoms with Crippen LogP contribution >= 0.6 is 0 Å². The van der Waals surface area contributed by atoms with E-state index in [0.29, 0.717) is 0 Å². The first kappa shape index (κ1) is 12.1. The van der Waals surface area contributed by atoms with Crippen LogP contribution in [0.15, 0.2) is 0 Å². The highest BCUT2D eigenvalue weighted by Crippen LogP contribution is 2.02. The molecule has 3 nitrogen and oxygen atoms in total. The molecule has 1 aliphatic rings. The normalized spacial score (nSPS) is 19.9. The van der Waals surface area contributed by atoms with Crippen LogP contribution in [-0.4, -0.2) is 56.4 Å². The highest BCUT2D eigenvalue weighted by Gasteiger charge is 2.24. The Kier molecular flexibility index (Phi) is 5.67. The summed E-state index contributed by atoms with van der Waals surface area (Å²) in [5.74, 6) is 0. The summed E-state index contributed by atoms with van der Waals surface area (Å²) >= 11 is 0. The third kappa shape index (κ3) is 3.67. The molecule has 0 aliphatic carbocycles. The Balaban J connectivity index is 2.35. The van der Waals surface area contributed by atoms with Crippen LogP contribution in [0, 0.1) is 0 Å². The van der Waals surface area contributed by atoms with Crippen molar-refractivity contribution in [2.24, 2.45) is 0 Å². The van der Waals surface area contributed by atoms with Crippen LogP contribution in [0.1, 0.15) is 33.6 Å². The highest BCUT2D eigenvalue weighted by molar-refractivity contribution is 6.64. The largest absolute Gasteiger partial charge is 0.363 e. The van der Waals surface area contributed by atoms with E-state index in [1.54, 1.807) is 0 Å². The summed E-state index contributed by atoms with van der Waals surface area (Å²) < 4.78 is 7.56. The van der Waals surface area contributed by atoms with Gasteiger partial charge in [-0.25, -0.2) is 0 Å². The maximum Gasteiger partial charge on any atom is 0.270 e. The van der Waals surface area contributed by atoms with Gasteiger partial charge in [-0.05, 0) is 26.1 Å². The lowest BCUT2D eigenvalue weighted by Crippen LogP contribution is -2.61. The van der Waals surface area contributed by atoms with Crippen LogP contribution < -0.4 is 0 Å². The second-order valence-electron chi connectivity index (χ2n) is 4.15. The molecule has 0 spiro atoms. The second kappa shape index (κ2) is 6.54. The molecule has 0 amide bonds. The Morgan fingerprint density at radius 1 is 0.786 bits per heavy atom. The van der Waals surface area contributed by atoms with Gasteiger partial charge < -0.3 is 14.2 Å². The van der Waals surface area contributed by atoms with Gasteiger partial charge in [0.05, 0.1) is 0 Å². The maximum absolute atomic E-state index is 2.56. The summed E-state index contributed by atoms with van der Waals surface area (Å²) in [6.45, 7) is 10.3. The van der Waals surface area contributed by atoms with Crippen molar-refractivity contribution in [1.82, 2.24) is 14.2 Å². The van der Waals surface area contributed by atoms with Gasteiger partial charge in [-0.2, -0.15) is 0 Å². The van der Waals surface area contributed by atoms with Crippen LogP contribution in [0.3, 0.4) is 0 Å². The van der Waals surface area contributed by atoms with Crippen molar-refractivity contribution < 1.29 is 0 Å². The van der Waals surface area contributed by atoms with E-state index in [1.807, 2.05) is 0 Å². The molecule has 1 heterocycles. The predicted molar refractivity (Wildman–Crippen MR) is 67.8 cm³/mol. The van der Waals surface area contributed by atoms with Gasteiger partial charge in [-0.15, -0.1) is 0 Å². The van der Waals surface area contributed by atoms with Gasteiger partial charge in [-0.3, -0.25) is 0 Å². The standard InChI is InChI=1S/C8H22B3N3/c1-4-7-8-14-10-12(5-2)9-13(6-3)11-14/h9-11H,4-8H2,1-3H3. The minimum absolute atomic E-state index is 1.15. The van der Waals surface area contributed by atoms with Gasteiger partial charge in [0, 0.05) is 0 Å². The highest BCUT2D eigenvalue weighted by atomic mass is 15.3. The first-order chi connectivity index (χ1) is 6.80. The molecule has 0 N–H and O–H groups in total. The number of nitrogens with zero attached hydrogens (tertiary/aromatic N) is 3. The van der Waals surface area contributed by atoms with E-state index in [0.717, 1.165) is 22.6 Å². The molecule has 0 bridgehead atoms. The molecule has 0 aromatic carbocycles. The van der Waals surface area contributed by atoms with Crippen LogP contribution in [0.4, 0.5) is 0 Å². The van der Waals surface area contributed by atoms with E-state index in [4.69, 9.17) is 0 Å². The molecule has 14 heavy (non-hydrogen) atoms. The van der Waals surface area contributed by atoms with Crippen LogP contribution in [-0.2, 0) is 0 Å². The minimum atomic E-state index is 1.15. The van der Waals surface area contributed by atoms with E-state index in [2.05, 4.69) is 34.9 Å². The van der Waals surface area contributed by atoms with Crippen molar-refractivity contribution >= 4 is 22.6 Å². The van der Waals surface area contributed by atoms with E-state index in [-0.39, 0.29) is 0 Å². The van der Waals surface area contributed by atoms with Gasteiger partial charge in [0.15, 0.2) is 0 Å². The Labute approximate surface area is 90.7 Å². The smallest absolute Gasteiger partial charge is 0.270 e. The summed E-state index contributed by atoms with van der Waals surface area (Å²) in [4.78, 5) is 0. The monoisotopic (exact) mass is 193 g/mol. The molecule has 0 aromatic rings. The average molecular weight is 193 g/mol. The molecule has 0 saturated carbocycles. The molecular weight excluding hydrogens is 171 g/mol. The SMILES string of the molecule is CCCCN1BN(CC)BN(CC)B1. The zero-order chi connectivity index (χ0) is 10.4. The minimum Gasteiger partial charge on any atom is -0.363 e. The number of hydrogen-bond acceptors (Lipinski definition) is 3. The van der Waals surface area contributed by atoms with Gasteiger partial charge in [0.25, 0.3) is 22.6 Å². The van der Waals surface area contributed by atoms with Crippen molar-refractivity contribution in [1.29, 1.82) is 0 Å². The average Bonchev–Trinajstić information content (AvgIpc) is 2.25. The first-order valence-electron chi connectivity index (χ1n) is 5.97. The fourth-order valence-corrected chi connectivity index (χ4v) is 1.91. The van der Waals surface area contributed by atoms with Crippen LogP contribution in [0.5, 0.6) is 0 Å². The fourth-order valence-electron chi connectivity index (χ4n) is 1.91. The quantitative estimate of drug-likeness (QED) is 0.547. The lowest BCUT2D eigenvalue weighted by molar-refractivity contribution is 0.485. The number of unbranched alkanes of at least 4 members (excludes halogenated alkanes) is 1. The molecule has 1 aliphatic heterocycles. The van der Waals surface area contributed by atoms with Crippen LogP contribution in [0.2, 0.25) is 0 Å².